The molecular weight excluding hydrogens is 394 g/mol. The molecule has 30 heavy (non-hydrogen) atoms. The number of rotatable bonds is 6. The Hall–Kier alpha value is -2.70. The van der Waals surface area contributed by atoms with Crippen molar-refractivity contribution in [1.82, 2.24) is 9.88 Å². The molecule has 5 nitrogen and oxygen atoms in total. The van der Waals surface area contributed by atoms with Crippen LogP contribution in [0, 0.1) is 6.92 Å². The molecule has 1 aromatic heterocycles. The van der Waals surface area contributed by atoms with Crippen LogP contribution in [0.5, 0.6) is 0 Å². The average molecular weight is 422 g/mol. The smallest absolute Gasteiger partial charge is 0.228 e. The lowest BCUT2D eigenvalue weighted by Gasteiger charge is -2.31. The van der Waals surface area contributed by atoms with Crippen molar-refractivity contribution in [1.29, 1.82) is 0 Å². The third-order valence-corrected chi connectivity index (χ3v) is 6.27. The van der Waals surface area contributed by atoms with Crippen LogP contribution in [0.3, 0.4) is 0 Å². The summed E-state index contributed by atoms with van der Waals surface area (Å²) in [5.74, 6) is 0.0767. The number of benzene rings is 2. The first-order valence-electron chi connectivity index (χ1n) is 10.3. The molecule has 1 saturated heterocycles. The minimum atomic E-state index is 0.0767. The van der Waals surface area contributed by atoms with Gasteiger partial charge in [0.2, 0.25) is 5.91 Å². The Kier molecular flexibility index (Phi) is 6.45. The number of carbonyl (C=O) groups is 1. The lowest BCUT2D eigenvalue weighted by molar-refractivity contribution is -0.129. The van der Waals surface area contributed by atoms with Gasteiger partial charge in [0.05, 0.1) is 25.3 Å². The molecule has 0 unspecified atom stereocenters. The number of likely N-dealkylation sites (N-methyl/N-ethyl adjacent to an activating group) is 1. The number of anilines is 1. The molecule has 2 heterocycles. The van der Waals surface area contributed by atoms with E-state index in [1.165, 1.54) is 11.3 Å². The van der Waals surface area contributed by atoms with Crippen LogP contribution >= 0.6 is 11.3 Å². The van der Waals surface area contributed by atoms with Crippen molar-refractivity contribution in [2.45, 2.75) is 19.9 Å². The van der Waals surface area contributed by atoms with Crippen LogP contribution in [0.25, 0.3) is 10.6 Å². The number of morpholine rings is 1. The molecule has 0 aliphatic carbocycles. The summed E-state index contributed by atoms with van der Waals surface area (Å²) >= 11 is 1.59. The summed E-state index contributed by atoms with van der Waals surface area (Å²) in [6, 6.07) is 16.6. The molecule has 1 amide bonds. The topological polar surface area (TPSA) is 45.7 Å². The van der Waals surface area contributed by atoms with Crippen LogP contribution < -0.4 is 4.90 Å². The number of carbonyl (C=O) groups excluding carboxylic acids is 1. The summed E-state index contributed by atoms with van der Waals surface area (Å²) in [5.41, 5.74) is 5.49. The van der Waals surface area contributed by atoms with Gasteiger partial charge in [0.25, 0.3) is 0 Å². The van der Waals surface area contributed by atoms with E-state index in [9.17, 15) is 4.79 Å². The van der Waals surface area contributed by atoms with Gasteiger partial charge in [-0.2, -0.15) is 0 Å². The van der Waals surface area contributed by atoms with Crippen molar-refractivity contribution in [2.75, 3.05) is 38.3 Å². The molecule has 1 aliphatic rings. The van der Waals surface area contributed by atoms with E-state index in [1.807, 2.05) is 24.6 Å². The summed E-state index contributed by atoms with van der Waals surface area (Å²) in [5, 5.41) is 2.95. The maximum absolute atomic E-state index is 12.9. The second kappa shape index (κ2) is 9.41. The lowest BCUT2D eigenvalue weighted by atomic mass is 10.1. The van der Waals surface area contributed by atoms with E-state index in [-0.39, 0.29) is 5.91 Å². The highest BCUT2D eigenvalue weighted by Crippen LogP contribution is 2.26. The number of ether oxygens (including phenoxy) is 1. The molecule has 0 N–H and O–H groups in total. The molecule has 2 aromatic carbocycles. The maximum atomic E-state index is 12.9. The third-order valence-electron chi connectivity index (χ3n) is 5.33. The standard InChI is InChI=1S/C24H27N3O2S/c1-18-6-5-8-19(14-18)24-25-21(17-30-24)15-23(28)26(2)16-20-7-3-4-9-22(20)27-10-12-29-13-11-27/h3-9,14,17H,10-13,15-16H2,1-2H3. The first kappa shape index (κ1) is 20.6. The highest BCUT2D eigenvalue weighted by molar-refractivity contribution is 7.13. The fourth-order valence-corrected chi connectivity index (χ4v) is 4.51. The summed E-state index contributed by atoms with van der Waals surface area (Å²) in [6.45, 7) is 5.92. The van der Waals surface area contributed by atoms with Crippen LogP contribution in [0.2, 0.25) is 0 Å². The van der Waals surface area contributed by atoms with Crippen molar-refractivity contribution < 1.29 is 9.53 Å². The van der Waals surface area contributed by atoms with Crippen molar-refractivity contribution >= 4 is 22.9 Å². The molecule has 4 rings (SSSR count). The summed E-state index contributed by atoms with van der Waals surface area (Å²) in [7, 11) is 1.87. The van der Waals surface area contributed by atoms with E-state index < -0.39 is 0 Å². The first-order valence-corrected chi connectivity index (χ1v) is 11.1. The Bertz CT molecular complexity index is 1010. The Morgan fingerprint density at radius 1 is 1.17 bits per heavy atom. The summed E-state index contributed by atoms with van der Waals surface area (Å²) in [4.78, 5) is 21.7. The molecule has 0 spiro atoms. The van der Waals surface area contributed by atoms with Gasteiger partial charge in [-0.15, -0.1) is 11.3 Å². The molecule has 1 fully saturated rings. The van der Waals surface area contributed by atoms with E-state index in [1.54, 1.807) is 16.2 Å². The monoisotopic (exact) mass is 421 g/mol. The quantitative estimate of drug-likeness (QED) is 0.600. The maximum Gasteiger partial charge on any atom is 0.228 e. The summed E-state index contributed by atoms with van der Waals surface area (Å²) < 4.78 is 5.48. The third kappa shape index (κ3) is 4.89. The van der Waals surface area contributed by atoms with Crippen LogP contribution in [-0.2, 0) is 22.5 Å². The zero-order chi connectivity index (χ0) is 20.9. The van der Waals surface area contributed by atoms with Crippen molar-refractivity contribution in [3.8, 4) is 10.6 Å². The number of thiazole rings is 1. The van der Waals surface area contributed by atoms with Gasteiger partial charge in [-0.3, -0.25) is 4.79 Å². The average Bonchev–Trinajstić information content (AvgIpc) is 3.23. The minimum Gasteiger partial charge on any atom is -0.378 e. The molecular formula is C24H27N3O2S. The summed E-state index contributed by atoms with van der Waals surface area (Å²) in [6.07, 6.45) is 0.318. The molecule has 0 atom stereocenters. The molecule has 0 radical (unpaired) electrons. The van der Waals surface area contributed by atoms with Gasteiger partial charge >= 0.3 is 0 Å². The van der Waals surface area contributed by atoms with E-state index in [0.29, 0.717) is 13.0 Å². The van der Waals surface area contributed by atoms with Crippen LogP contribution in [0.15, 0.2) is 53.9 Å². The molecule has 0 bridgehead atoms. The van der Waals surface area contributed by atoms with Crippen molar-refractivity contribution in [3.05, 3.63) is 70.7 Å². The Balaban J connectivity index is 1.41. The van der Waals surface area contributed by atoms with Gasteiger partial charge in [0.1, 0.15) is 5.01 Å². The number of para-hydroxylation sites is 1. The highest BCUT2D eigenvalue weighted by atomic mass is 32.1. The second-order valence-electron chi connectivity index (χ2n) is 7.67. The molecule has 6 heteroatoms. The number of hydrogen-bond donors (Lipinski definition) is 0. The molecule has 1 aliphatic heterocycles. The lowest BCUT2D eigenvalue weighted by Crippen LogP contribution is -2.37. The normalized spacial score (nSPS) is 14.0. The predicted octanol–water partition coefficient (Wildman–Crippen LogP) is 4.16. The Morgan fingerprint density at radius 3 is 2.77 bits per heavy atom. The number of hydrogen-bond acceptors (Lipinski definition) is 5. The van der Waals surface area contributed by atoms with E-state index in [4.69, 9.17) is 9.72 Å². The number of nitrogens with zero attached hydrogens (tertiary/aromatic N) is 3. The van der Waals surface area contributed by atoms with Crippen LogP contribution in [-0.4, -0.2) is 49.1 Å². The number of aryl methyl sites for hydroxylation is 1. The molecule has 156 valence electrons. The van der Waals surface area contributed by atoms with Gasteiger partial charge in [-0.1, -0.05) is 42.0 Å². The minimum absolute atomic E-state index is 0.0767. The van der Waals surface area contributed by atoms with Crippen LogP contribution in [0.1, 0.15) is 16.8 Å². The molecule has 3 aromatic rings. The van der Waals surface area contributed by atoms with Gasteiger partial charge in [-0.25, -0.2) is 4.98 Å². The van der Waals surface area contributed by atoms with Gasteiger partial charge in [0.15, 0.2) is 0 Å². The largest absolute Gasteiger partial charge is 0.378 e. The Morgan fingerprint density at radius 2 is 1.97 bits per heavy atom. The van der Waals surface area contributed by atoms with Crippen molar-refractivity contribution in [2.24, 2.45) is 0 Å². The fraction of sp³-hybridized carbons (Fsp3) is 0.333. The van der Waals surface area contributed by atoms with E-state index >= 15 is 0 Å². The van der Waals surface area contributed by atoms with E-state index in [0.717, 1.165) is 48.1 Å². The SMILES string of the molecule is Cc1cccc(-c2nc(CC(=O)N(C)Cc3ccccc3N3CCOCC3)cs2)c1. The number of amides is 1. The van der Waals surface area contributed by atoms with Gasteiger partial charge < -0.3 is 14.5 Å². The predicted molar refractivity (Wildman–Crippen MR) is 122 cm³/mol. The van der Waals surface area contributed by atoms with Gasteiger partial charge in [0, 0.05) is 43.3 Å². The fourth-order valence-electron chi connectivity index (χ4n) is 3.69. The van der Waals surface area contributed by atoms with E-state index in [2.05, 4.69) is 48.2 Å². The van der Waals surface area contributed by atoms with Gasteiger partial charge in [-0.05, 0) is 24.6 Å². The van der Waals surface area contributed by atoms with Crippen LogP contribution in [0.4, 0.5) is 5.69 Å². The zero-order valence-electron chi connectivity index (χ0n) is 17.5. The van der Waals surface area contributed by atoms with Crippen molar-refractivity contribution in [3.63, 3.8) is 0 Å². The highest BCUT2D eigenvalue weighted by Gasteiger charge is 2.18. The first-order chi connectivity index (χ1) is 14.6. The molecule has 0 saturated carbocycles. The number of aromatic nitrogens is 1. The second-order valence-corrected chi connectivity index (χ2v) is 8.53. The Labute approximate surface area is 181 Å². The zero-order valence-corrected chi connectivity index (χ0v) is 18.3.